The fourth-order valence-electron chi connectivity index (χ4n) is 1.38. The Morgan fingerprint density at radius 2 is 1.62 bits per heavy atom. The minimum atomic E-state index is 0.989. The molecule has 0 saturated carbocycles. The van der Waals surface area contributed by atoms with Gasteiger partial charge in [-0.3, -0.25) is 0 Å². The van der Waals surface area contributed by atoms with Crippen molar-refractivity contribution in [2.24, 2.45) is 0 Å². The van der Waals surface area contributed by atoms with Gasteiger partial charge in [-0.15, -0.1) is 0 Å². The SMILES string of the molecule is CCCc1ccc(CNCC)cc1. The summed E-state index contributed by atoms with van der Waals surface area (Å²) in [6.07, 6.45) is 2.42. The number of hydrogen-bond donors (Lipinski definition) is 1. The molecular formula is C12H19N. The summed E-state index contributed by atoms with van der Waals surface area (Å²) in [5.74, 6) is 0. The van der Waals surface area contributed by atoms with Crippen molar-refractivity contribution >= 4 is 0 Å². The maximum Gasteiger partial charge on any atom is 0.0205 e. The molecule has 1 nitrogen and oxygen atoms in total. The standard InChI is InChI=1S/C12H19N/c1-3-5-11-6-8-12(9-7-11)10-13-4-2/h6-9,13H,3-5,10H2,1-2H3. The van der Waals surface area contributed by atoms with Crippen LogP contribution in [0.4, 0.5) is 0 Å². The van der Waals surface area contributed by atoms with Crippen LogP contribution in [0.15, 0.2) is 24.3 Å². The van der Waals surface area contributed by atoms with Crippen LogP contribution in [0.1, 0.15) is 31.4 Å². The van der Waals surface area contributed by atoms with Gasteiger partial charge < -0.3 is 5.32 Å². The van der Waals surface area contributed by atoms with E-state index in [0.29, 0.717) is 0 Å². The molecule has 1 N–H and O–H groups in total. The number of nitrogens with one attached hydrogen (secondary N) is 1. The predicted molar refractivity (Wildman–Crippen MR) is 57.8 cm³/mol. The zero-order valence-electron chi connectivity index (χ0n) is 8.64. The van der Waals surface area contributed by atoms with Gasteiger partial charge in [-0.05, 0) is 24.1 Å². The highest BCUT2D eigenvalue weighted by Crippen LogP contribution is 2.06. The van der Waals surface area contributed by atoms with Crippen LogP contribution in [0.5, 0.6) is 0 Å². The average molecular weight is 177 g/mol. The Bertz CT molecular complexity index is 225. The molecule has 0 fully saturated rings. The van der Waals surface area contributed by atoms with Crippen LogP contribution in [-0.2, 0) is 13.0 Å². The fraction of sp³-hybridized carbons (Fsp3) is 0.500. The van der Waals surface area contributed by atoms with E-state index >= 15 is 0 Å². The van der Waals surface area contributed by atoms with E-state index < -0.39 is 0 Å². The molecule has 0 aliphatic heterocycles. The monoisotopic (exact) mass is 177 g/mol. The van der Waals surface area contributed by atoms with E-state index in [0.717, 1.165) is 13.1 Å². The Kier molecular flexibility index (Phi) is 4.55. The summed E-state index contributed by atoms with van der Waals surface area (Å²) in [4.78, 5) is 0. The summed E-state index contributed by atoms with van der Waals surface area (Å²) in [6, 6.07) is 8.90. The summed E-state index contributed by atoms with van der Waals surface area (Å²) in [5, 5.41) is 3.32. The largest absolute Gasteiger partial charge is 0.313 e. The molecule has 0 bridgehead atoms. The van der Waals surface area contributed by atoms with Gasteiger partial charge in [-0.1, -0.05) is 44.5 Å². The van der Waals surface area contributed by atoms with E-state index in [4.69, 9.17) is 0 Å². The first-order chi connectivity index (χ1) is 6.36. The van der Waals surface area contributed by atoms with Gasteiger partial charge in [-0.2, -0.15) is 0 Å². The molecule has 1 aromatic rings. The van der Waals surface area contributed by atoms with Crippen LogP contribution in [0.25, 0.3) is 0 Å². The predicted octanol–water partition coefficient (Wildman–Crippen LogP) is 2.75. The maximum absolute atomic E-state index is 3.32. The lowest BCUT2D eigenvalue weighted by Crippen LogP contribution is -2.11. The molecule has 1 aromatic carbocycles. The summed E-state index contributed by atoms with van der Waals surface area (Å²) < 4.78 is 0. The Morgan fingerprint density at radius 1 is 1.00 bits per heavy atom. The minimum Gasteiger partial charge on any atom is -0.313 e. The van der Waals surface area contributed by atoms with Crippen LogP contribution in [0, 0.1) is 0 Å². The summed E-state index contributed by atoms with van der Waals surface area (Å²) >= 11 is 0. The van der Waals surface area contributed by atoms with Crippen molar-refractivity contribution in [2.75, 3.05) is 6.54 Å². The van der Waals surface area contributed by atoms with Gasteiger partial charge in [0.2, 0.25) is 0 Å². The molecule has 0 radical (unpaired) electrons. The summed E-state index contributed by atoms with van der Waals surface area (Å²) in [7, 11) is 0. The van der Waals surface area contributed by atoms with Gasteiger partial charge in [0.05, 0.1) is 0 Å². The molecule has 0 unspecified atom stereocenters. The van der Waals surface area contributed by atoms with Crippen molar-refractivity contribution in [3.8, 4) is 0 Å². The van der Waals surface area contributed by atoms with Gasteiger partial charge in [0.1, 0.15) is 0 Å². The molecule has 1 rings (SSSR count). The number of rotatable bonds is 5. The van der Waals surface area contributed by atoms with Crippen molar-refractivity contribution in [3.05, 3.63) is 35.4 Å². The molecule has 0 aromatic heterocycles. The van der Waals surface area contributed by atoms with E-state index in [9.17, 15) is 0 Å². The van der Waals surface area contributed by atoms with Crippen molar-refractivity contribution in [3.63, 3.8) is 0 Å². The molecule has 0 saturated heterocycles. The minimum absolute atomic E-state index is 0.989. The van der Waals surface area contributed by atoms with E-state index in [1.807, 2.05) is 0 Å². The van der Waals surface area contributed by atoms with E-state index in [-0.39, 0.29) is 0 Å². The van der Waals surface area contributed by atoms with Crippen LogP contribution in [-0.4, -0.2) is 6.54 Å². The molecule has 0 heterocycles. The van der Waals surface area contributed by atoms with E-state index in [1.54, 1.807) is 0 Å². The molecule has 0 aliphatic rings. The van der Waals surface area contributed by atoms with Crippen molar-refractivity contribution < 1.29 is 0 Å². The molecule has 1 heteroatoms. The highest BCUT2D eigenvalue weighted by Gasteiger charge is 1.92. The number of benzene rings is 1. The van der Waals surface area contributed by atoms with Crippen molar-refractivity contribution in [1.29, 1.82) is 0 Å². The number of hydrogen-bond acceptors (Lipinski definition) is 1. The third kappa shape index (κ3) is 3.60. The quantitative estimate of drug-likeness (QED) is 0.729. The smallest absolute Gasteiger partial charge is 0.0205 e. The second-order valence-electron chi connectivity index (χ2n) is 3.35. The van der Waals surface area contributed by atoms with Gasteiger partial charge >= 0.3 is 0 Å². The van der Waals surface area contributed by atoms with Crippen LogP contribution < -0.4 is 5.32 Å². The van der Waals surface area contributed by atoms with Gasteiger partial charge in [0.25, 0.3) is 0 Å². The Labute approximate surface area is 81.2 Å². The van der Waals surface area contributed by atoms with Gasteiger partial charge in [0.15, 0.2) is 0 Å². The molecule has 13 heavy (non-hydrogen) atoms. The average Bonchev–Trinajstić information content (AvgIpc) is 2.17. The van der Waals surface area contributed by atoms with Gasteiger partial charge in [-0.25, -0.2) is 0 Å². The van der Waals surface area contributed by atoms with E-state index in [1.165, 1.54) is 24.0 Å². The molecule has 0 aliphatic carbocycles. The number of aryl methyl sites for hydroxylation is 1. The van der Waals surface area contributed by atoms with Gasteiger partial charge in [0, 0.05) is 6.54 Å². The second kappa shape index (κ2) is 5.76. The highest BCUT2D eigenvalue weighted by atomic mass is 14.8. The summed E-state index contributed by atoms with van der Waals surface area (Å²) in [5.41, 5.74) is 2.82. The maximum atomic E-state index is 3.32. The third-order valence-corrected chi connectivity index (χ3v) is 2.14. The second-order valence-corrected chi connectivity index (χ2v) is 3.35. The molecular weight excluding hydrogens is 158 g/mol. The van der Waals surface area contributed by atoms with Crippen LogP contribution in [0.3, 0.4) is 0 Å². The third-order valence-electron chi connectivity index (χ3n) is 2.14. The fourth-order valence-corrected chi connectivity index (χ4v) is 1.38. The first kappa shape index (κ1) is 10.3. The van der Waals surface area contributed by atoms with Crippen LogP contribution >= 0.6 is 0 Å². The lowest BCUT2D eigenvalue weighted by molar-refractivity contribution is 0.726. The lowest BCUT2D eigenvalue weighted by atomic mass is 10.1. The van der Waals surface area contributed by atoms with Crippen molar-refractivity contribution in [2.45, 2.75) is 33.2 Å². The van der Waals surface area contributed by atoms with Crippen LogP contribution in [0.2, 0.25) is 0 Å². The Morgan fingerprint density at radius 3 is 2.15 bits per heavy atom. The molecule has 0 spiro atoms. The Balaban J connectivity index is 2.48. The van der Waals surface area contributed by atoms with Crippen molar-refractivity contribution in [1.82, 2.24) is 5.32 Å². The zero-order chi connectivity index (χ0) is 9.52. The topological polar surface area (TPSA) is 12.0 Å². The lowest BCUT2D eigenvalue weighted by Gasteiger charge is -2.03. The normalized spacial score (nSPS) is 10.3. The first-order valence-electron chi connectivity index (χ1n) is 5.15. The van der Waals surface area contributed by atoms with E-state index in [2.05, 4.69) is 43.4 Å². The Hall–Kier alpha value is -0.820. The molecule has 0 atom stereocenters. The zero-order valence-corrected chi connectivity index (χ0v) is 8.64. The molecule has 0 amide bonds. The molecule has 72 valence electrons. The highest BCUT2D eigenvalue weighted by molar-refractivity contribution is 5.22. The summed E-state index contributed by atoms with van der Waals surface area (Å²) in [6.45, 7) is 6.37. The first-order valence-corrected chi connectivity index (χ1v) is 5.15.